The van der Waals surface area contributed by atoms with Crippen LogP contribution in [-0.4, -0.2) is 59.1 Å². The summed E-state index contributed by atoms with van der Waals surface area (Å²) < 4.78 is 5.71. The molecule has 0 unspecified atom stereocenters. The van der Waals surface area contributed by atoms with Crippen LogP contribution in [0.2, 0.25) is 0 Å². The quantitative estimate of drug-likeness (QED) is 0.708. The SMILES string of the molecule is O=C1N[C@@](c2ccccn2)(C2CCN(Cc3ccccc3)CC2)C(=O)N1C[C@@H]1CCCO1. The summed E-state index contributed by atoms with van der Waals surface area (Å²) in [5.41, 5.74) is 0.823. The summed E-state index contributed by atoms with van der Waals surface area (Å²) in [5.74, 6) is -0.187. The first-order valence-corrected chi connectivity index (χ1v) is 11.6. The van der Waals surface area contributed by atoms with Gasteiger partial charge in [0, 0.05) is 19.3 Å². The molecule has 3 amide bonds. The predicted molar refractivity (Wildman–Crippen MR) is 120 cm³/mol. The van der Waals surface area contributed by atoms with Crippen molar-refractivity contribution in [1.29, 1.82) is 0 Å². The summed E-state index contributed by atoms with van der Waals surface area (Å²) in [7, 11) is 0. The lowest BCUT2D eigenvalue weighted by Gasteiger charge is -2.40. The molecule has 4 heterocycles. The lowest BCUT2D eigenvalue weighted by molar-refractivity contribution is -0.135. The molecule has 7 heteroatoms. The number of likely N-dealkylation sites (tertiary alicyclic amines) is 1. The van der Waals surface area contributed by atoms with Crippen molar-refractivity contribution in [3.8, 4) is 0 Å². The number of hydrogen-bond donors (Lipinski definition) is 1. The number of benzene rings is 1. The summed E-state index contributed by atoms with van der Waals surface area (Å²) in [5, 5.41) is 3.09. The van der Waals surface area contributed by atoms with Crippen LogP contribution in [0.5, 0.6) is 0 Å². The first kappa shape index (κ1) is 21.1. The van der Waals surface area contributed by atoms with Crippen molar-refractivity contribution in [2.45, 2.75) is 43.9 Å². The predicted octanol–water partition coefficient (Wildman–Crippen LogP) is 2.92. The highest BCUT2D eigenvalue weighted by Crippen LogP contribution is 2.41. The third kappa shape index (κ3) is 3.91. The molecule has 0 radical (unpaired) electrons. The number of aromatic nitrogens is 1. The first-order chi connectivity index (χ1) is 15.7. The first-order valence-electron chi connectivity index (χ1n) is 11.6. The molecule has 0 aliphatic carbocycles. The number of ether oxygens (including phenoxy) is 1. The molecule has 2 atom stereocenters. The maximum Gasteiger partial charge on any atom is 0.325 e. The summed E-state index contributed by atoms with van der Waals surface area (Å²) in [6.45, 7) is 3.66. The van der Waals surface area contributed by atoms with Gasteiger partial charge in [0.25, 0.3) is 5.91 Å². The van der Waals surface area contributed by atoms with Crippen LogP contribution in [0.25, 0.3) is 0 Å². The highest BCUT2D eigenvalue weighted by molar-refractivity contribution is 6.07. The van der Waals surface area contributed by atoms with E-state index in [9.17, 15) is 9.59 Å². The minimum absolute atomic E-state index is 0.00429. The summed E-state index contributed by atoms with van der Waals surface area (Å²) in [4.78, 5) is 35.2. The summed E-state index contributed by atoms with van der Waals surface area (Å²) in [6, 6.07) is 15.7. The second-order valence-corrected chi connectivity index (χ2v) is 9.04. The van der Waals surface area contributed by atoms with Gasteiger partial charge < -0.3 is 10.1 Å². The van der Waals surface area contributed by atoms with Crippen molar-refractivity contribution in [2.24, 2.45) is 5.92 Å². The second kappa shape index (κ2) is 9.00. The van der Waals surface area contributed by atoms with Gasteiger partial charge in [0.1, 0.15) is 0 Å². The van der Waals surface area contributed by atoms with Gasteiger partial charge in [0.2, 0.25) is 0 Å². The Hall–Kier alpha value is -2.77. The van der Waals surface area contributed by atoms with Crippen molar-refractivity contribution in [3.63, 3.8) is 0 Å². The Morgan fingerprint density at radius 1 is 1.03 bits per heavy atom. The fourth-order valence-electron chi connectivity index (χ4n) is 5.37. The number of nitrogens with zero attached hydrogens (tertiary/aromatic N) is 3. The number of urea groups is 1. The fraction of sp³-hybridized carbons (Fsp3) is 0.480. The van der Waals surface area contributed by atoms with E-state index in [-0.39, 0.29) is 24.0 Å². The van der Waals surface area contributed by atoms with E-state index in [0.717, 1.165) is 45.3 Å². The van der Waals surface area contributed by atoms with E-state index in [1.807, 2.05) is 24.3 Å². The molecular formula is C25H30N4O3. The Bertz CT molecular complexity index is 940. The van der Waals surface area contributed by atoms with Crippen LogP contribution in [0.3, 0.4) is 0 Å². The standard InChI is InChI=1S/C25H30N4O3/c30-23-25(22-10-4-5-13-26-22,27-24(31)29(23)18-21-9-6-16-32-21)20-11-14-28(15-12-20)17-19-7-2-1-3-8-19/h1-5,7-8,10,13,20-21H,6,9,11-12,14-18H2,(H,27,31)/t21-,25+/m0/s1. The molecule has 2 aromatic rings. The number of rotatable bonds is 6. The van der Waals surface area contributed by atoms with Crippen molar-refractivity contribution in [1.82, 2.24) is 20.1 Å². The van der Waals surface area contributed by atoms with E-state index >= 15 is 0 Å². The van der Waals surface area contributed by atoms with E-state index in [0.29, 0.717) is 18.8 Å². The molecule has 1 aromatic carbocycles. The van der Waals surface area contributed by atoms with Crippen molar-refractivity contribution in [2.75, 3.05) is 26.2 Å². The lowest BCUT2D eigenvalue weighted by atomic mass is 9.75. The number of nitrogens with one attached hydrogen (secondary N) is 1. The van der Waals surface area contributed by atoms with Gasteiger partial charge in [-0.15, -0.1) is 0 Å². The van der Waals surface area contributed by atoms with Gasteiger partial charge in [-0.1, -0.05) is 36.4 Å². The Morgan fingerprint density at radius 2 is 1.81 bits per heavy atom. The fourth-order valence-corrected chi connectivity index (χ4v) is 5.37. The molecule has 0 spiro atoms. The number of amides is 3. The molecule has 0 bridgehead atoms. The average Bonchev–Trinajstić information content (AvgIpc) is 3.44. The van der Waals surface area contributed by atoms with Gasteiger partial charge in [-0.05, 0) is 62.4 Å². The Morgan fingerprint density at radius 3 is 2.50 bits per heavy atom. The summed E-state index contributed by atoms with van der Waals surface area (Å²) in [6.07, 6.45) is 5.12. The van der Waals surface area contributed by atoms with E-state index < -0.39 is 5.54 Å². The monoisotopic (exact) mass is 434 g/mol. The Balaban J connectivity index is 1.36. The van der Waals surface area contributed by atoms with Crippen LogP contribution in [0.4, 0.5) is 4.79 Å². The zero-order valence-electron chi connectivity index (χ0n) is 18.3. The largest absolute Gasteiger partial charge is 0.376 e. The van der Waals surface area contributed by atoms with Gasteiger partial charge in [0.05, 0.1) is 18.3 Å². The zero-order valence-corrected chi connectivity index (χ0v) is 18.3. The summed E-state index contributed by atoms with van der Waals surface area (Å²) >= 11 is 0. The number of carbonyl (C=O) groups excluding carboxylic acids is 2. The average molecular weight is 435 g/mol. The minimum Gasteiger partial charge on any atom is -0.376 e. The second-order valence-electron chi connectivity index (χ2n) is 9.04. The molecule has 3 fully saturated rings. The number of imide groups is 1. The van der Waals surface area contributed by atoms with Crippen LogP contribution in [0.15, 0.2) is 54.7 Å². The smallest absolute Gasteiger partial charge is 0.325 e. The van der Waals surface area contributed by atoms with Crippen LogP contribution in [-0.2, 0) is 21.6 Å². The highest BCUT2D eigenvalue weighted by Gasteiger charge is 2.58. The van der Waals surface area contributed by atoms with Gasteiger partial charge in [-0.3, -0.25) is 19.6 Å². The van der Waals surface area contributed by atoms with E-state index in [1.165, 1.54) is 10.5 Å². The molecular weight excluding hydrogens is 404 g/mol. The number of piperidine rings is 1. The van der Waals surface area contributed by atoms with Gasteiger partial charge in [-0.25, -0.2) is 4.79 Å². The minimum atomic E-state index is -1.10. The molecule has 0 saturated carbocycles. The van der Waals surface area contributed by atoms with Crippen molar-refractivity contribution >= 4 is 11.9 Å². The van der Waals surface area contributed by atoms with E-state index in [1.54, 1.807) is 6.20 Å². The molecule has 5 rings (SSSR count). The topological polar surface area (TPSA) is 74.8 Å². The lowest BCUT2D eigenvalue weighted by Crippen LogP contribution is -2.54. The normalized spacial score (nSPS) is 27.1. The van der Waals surface area contributed by atoms with Gasteiger partial charge >= 0.3 is 6.03 Å². The zero-order chi connectivity index (χ0) is 22.0. The van der Waals surface area contributed by atoms with Crippen molar-refractivity contribution in [3.05, 3.63) is 66.0 Å². The number of carbonyl (C=O) groups is 2. The van der Waals surface area contributed by atoms with Gasteiger partial charge in [-0.2, -0.15) is 0 Å². The maximum atomic E-state index is 13.8. The molecule has 3 saturated heterocycles. The van der Waals surface area contributed by atoms with Gasteiger partial charge in [0.15, 0.2) is 5.54 Å². The van der Waals surface area contributed by atoms with E-state index in [4.69, 9.17) is 4.74 Å². The van der Waals surface area contributed by atoms with E-state index in [2.05, 4.69) is 39.5 Å². The number of pyridine rings is 1. The highest BCUT2D eigenvalue weighted by atomic mass is 16.5. The third-order valence-electron chi connectivity index (χ3n) is 7.06. The van der Waals surface area contributed by atoms with Crippen LogP contribution in [0.1, 0.15) is 36.9 Å². The third-order valence-corrected chi connectivity index (χ3v) is 7.06. The Labute approximate surface area is 188 Å². The maximum absolute atomic E-state index is 13.8. The van der Waals surface area contributed by atoms with Crippen molar-refractivity contribution < 1.29 is 14.3 Å². The molecule has 1 N–H and O–H groups in total. The Kier molecular flexibility index (Phi) is 5.93. The van der Waals surface area contributed by atoms with Crippen LogP contribution >= 0.6 is 0 Å². The molecule has 168 valence electrons. The van der Waals surface area contributed by atoms with Crippen LogP contribution < -0.4 is 5.32 Å². The molecule has 3 aliphatic rings. The molecule has 7 nitrogen and oxygen atoms in total. The van der Waals surface area contributed by atoms with Crippen LogP contribution in [0, 0.1) is 5.92 Å². The number of hydrogen-bond acceptors (Lipinski definition) is 5. The molecule has 1 aromatic heterocycles. The molecule has 3 aliphatic heterocycles. The molecule has 32 heavy (non-hydrogen) atoms.